The van der Waals surface area contributed by atoms with Gasteiger partial charge in [0.05, 0.1) is 5.56 Å². The van der Waals surface area contributed by atoms with Crippen molar-refractivity contribution in [3.63, 3.8) is 0 Å². The Labute approximate surface area is 159 Å². The lowest BCUT2D eigenvalue weighted by Gasteiger charge is -2.09. The Bertz CT molecular complexity index is 911. The molecule has 0 saturated heterocycles. The van der Waals surface area contributed by atoms with Gasteiger partial charge in [-0.25, -0.2) is 4.39 Å². The van der Waals surface area contributed by atoms with Gasteiger partial charge in [-0.15, -0.1) is 16.8 Å². The number of benzene rings is 2. The van der Waals surface area contributed by atoms with Crippen LogP contribution in [-0.4, -0.2) is 14.8 Å². The van der Waals surface area contributed by atoms with Gasteiger partial charge in [0.25, 0.3) is 0 Å². The standard InChI is InChI=1S/C18H14Cl2FN3S/c1-2-9-24-17(14-5-3-4-6-16(14)21)22-23-18(24)25-11-12-7-8-13(19)10-15(12)20/h2-8,10H,1,9,11H2. The van der Waals surface area contributed by atoms with Gasteiger partial charge in [-0.2, -0.15) is 0 Å². The summed E-state index contributed by atoms with van der Waals surface area (Å²) in [6.45, 7) is 4.24. The summed E-state index contributed by atoms with van der Waals surface area (Å²) in [7, 11) is 0. The fourth-order valence-electron chi connectivity index (χ4n) is 2.31. The fraction of sp³-hybridized carbons (Fsp3) is 0.111. The second-order valence-electron chi connectivity index (χ2n) is 5.21. The molecule has 3 rings (SSSR count). The van der Waals surface area contributed by atoms with Gasteiger partial charge in [0.2, 0.25) is 0 Å². The van der Waals surface area contributed by atoms with Gasteiger partial charge < -0.3 is 0 Å². The van der Waals surface area contributed by atoms with Gasteiger partial charge in [0.1, 0.15) is 5.82 Å². The summed E-state index contributed by atoms with van der Waals surface area (Å²) >= 11 is 13.6. The van der Waals surface area contributed by atoms with Crippen LogP contribution in [0.4, 0.5) is 4.39 Å². The molecule has 1 aromatic heterocycles. The van der Waals surface area contributed by atoms with E-state index in [2.05, 4.69) is 16.8 Å². The number of thioether (sulfide) groups is 1. The molecule has 0 N–H and O–H groups in total. The summed E-state index contributed by atoms with van der Waals surface area (Å²) in [5.41, 5.74) is 1.35. The van der Waals surface area contributed by atoms with E-state index in [4.69, 9.17) is 23.2 Å². The SMILES string of the molecule is C=CCn1c(SCc2ccc(Cl)cc2Cl)nnc1-c1ccccc1F. The van der Waals surface area contributed by atoms with Crippen molar-refractivity contribution in [3.05, 3.63) is 76.5 Å². The highest BCUT2D eigenvalue weighted by Gasteiger charge is 2.16. The van der Waals surface area contributed by atoms with Crippen molar-refractivity contribution >= 4 is 35.0 Å². The smallest absolute Gasteiger partial charge is 0.192 e. The largest absolute Gasteiger partial charge is 0.298 e. The van der Waals surface area contributed by atoms with Gasteiger partial charge in [-0.1, -0.05) is 59.2 Å². The Balaban J connectivity index is 1.89. The van der Waals surface area contributed by atoms with Crippen molar-refractivity contribution in [2.45, 2.75) is 17.5 Å². The molecule has 0 aliphatic carbocycles. The van der Waals surface area contributed by atoms with Crippen molar-refractivity contribution in [2.24, 2.45) is 0 Å². The summed E-state index contributed by atoms with van der Waals surface area (Å²) in [6, 6.07) is 11.9. The van der Waals surface area contributed by atoms with Crippen molar-refractivity contribution in [1.29, 1.82) is 0 Å². The number of hydrogen-bond acceptors (Lipinski definition) is 3. The lowest BCUT2D eigenvalue weighted by Crippen LogP contribution is -2.01. The van der Waals surface area contributed by atoms with Crippen molar-refractivity contribution in [3.8, 4) is 11.4 Å². The molecule has 25 heavy (non-hydrogen) atoms. The van der Waals surface area contributed by atoms with Gasteiger partial charge in [-0.05, 0) is 29.8 Å². The lowest BCUT2D eigenvalue weighted by molar-refractivity contribution is 0.626. The molecule has 0 unspecified atom stereocenters. The van der Waals surface area contributed by atoms with E-state index in [1.54, 1.807) is 36.4 Å². The molecule has 0 saturated carbocycles. The van der Waals surface area contributed by atoms with Gasteiger partial charge in [0, 0.05) is 22.3 Å². The number of hydrogen-bond donors (Lipinski definition) is 0. The maximum Gasteiger partial charge on any atom is 0.192 e. The molecule has 1 heterocycles. The molecule has 0 bridgehead atoms. The minimum Gasteiger partial charge on any atom is -0.298 e. The van der Waals surface area contributed by atoms with Crippen LogP contribution >= 0.6 is 35.0 Å². The quantitative estimate of drug-likeness (QED) is 0.387. The van der Waals surface area contributed by atoms with E-state index in [0.717, 1.165) is 5.56 Å². The highest BCUT2D eigenvalue weighted by Crippen LogP contribution is 2.30. The predicted octanol–water partition coefficient (Wildman–Crippen LogP) is 5.87. The zero-order valence-corrected chi connectivity index (χ0v) is 15.5. The highest BCUT2D eigenvalue weighted by molar-refractivity contribution is 7.98. The lowest BCUT2D eigenvalue weighted by atomic mass is 10.2. The first kappa shape index (κ1) is 18.0. The molecule has 2 aromatic carbocycles. The van der Waals surface area contributed by atoms with E-state index in [9.17, 15) is 4.39 Å². The van der Waals surface area contributed by atoms with E-state index >= 15 is 0 Å². The molecule has 0 atom stereocenters. The Kier molecular flexibility index (Phi) is 5.78. The number of rotatable bonds is 6. The average Bonchev–Trinajstić information content (AvgIpc) is 2.98. The molecule has 3 aromatic rings. The summed E-state index contributed by atoms with van der Waals surface area (Å²) in [6.07, 6.45) is 1.73. The third-order valence-corrected chi connectivity index (χ3v) is 5.12. The molecule has 0 fully saturated rings. The third kappa shape index (κ3) is 4.06. The Morgan fingerprint density at radius 1 is 1.16 bits per heavy atom. The molecule has 0 radical (unpaired) electrons. The van der Waals surface area contributed by atoms with Crippen LogP contribution in [0.3, 0.4) is 0 Å². The molecule has 0 spiro atoms. The first-order chi connectivity index (χ1) is 12.1. The first-order valence-electron chi connectivity index (χ1n) is 7.46. The second-order valence-corrected chi connectivity index (χ2v) is 7.00. The monoisotopic (exact) mass is 393 g/mol. The van der Waals surface area contributed by atoms with Crippen LogP contribution in [0.5, 0.6) is 0 Å². The minimum atomic E-state index is -0.336. The second kappa shape index (κ2) is 8.04. The van der Waals surface area contributed by atoms with Crippen molar-refractivity contribution < 1.29 is 4.39 Å². The Morgan fingerprint density at radius 2 is 1.96 bits per heavy atom. The van der Waals surface area contributed by atoms with E-state index < -0.39 is 0 Å². The summed E-state index contributed by atoms with van der Waals surface area (Å²) in [4.78, 5) is 0. The number of halogens is 3. The Morgan fingerprint density at radius 3 is 2.68 bits per heavy atom. The summed E-state index contributed by atoms with van der Waals surface area (Å²) < 4.78 is 15.9. The molecule has 0 aliphatic rings. The fourth-order valence-corrected chi connectivity index (χ4v) is 3.82. The van der Waals surface area contributed by atoms with E-state index in [1.807, 2.05) is 10.6 Å². The zero-order chi connectivity index (χ0) is 17.8. The topological polar surface area (TPSA) is 30.7 Å². The predicted molar refractivity (Wildman–Crippen MR) is 102 cm³/mol. The van der Waals surface area contributed by atoms with E-state index in [1.165, 1.54) is 17.8 Å². The van der Waals surface area contributed by atoms with Gasteiger partial charge in [0.15, 0.2) is 11.0 Å². The normalized spacial score (nSPS) is 10.8. The van der Waals surface area contributed by atoms with Crippen LogP contribution in [0.15, 0.2) is 60.3 Å². The third-order valence-electron chi connectivity index (χ3n) is 3.52. The molecular weight excluding hydrogens is 380 g/mol. The van der Waals surface area contributed by atoms with Crippen LogP contribution in [0.2, 0.25) is 10.0 Å². The molecular formula is C18H14Cl2FN3S. The first-order valence-corrected chi connectivity index (χ1v) is 9.20. The molecule has 0 aliphatic heterocycles. The Hall–Kier alpha value is -1.82. The summed E-state index contributed by atoms with van der Waals surface area (Å²) in [5.74, 6) is 0.739. The number of allylic oxidation sites excluding steroid dienone is 1. The van der Waals surface area contributed by atoms with Crippen molar-refractivity contribution in [2.75, 3.05) is 0 Å². The number of aromatic nitrogens is 3. The van der Waals surface area contributed by atoms with Crippen LogP contribution in [0, 0.1) is 5.82 Å². The zero-order valence-electron chi connectivity index (χ0n) is 13.1. The van der Waals surface area contributed by atoms with Crippen LogP contribution in [0.1, 0.15) is 5.56 Å². The number of nitrogens with zero attached hydrogens (tertiary/aromatic N) is 3. The molecule has 128 valence electrons. The minimum absolute atomic E-state index is 0.336. The van der Waals surface area contributed by atoms with Gasteiger partial charge >= 0.3 is 0 Å². The van der Waals surface area contributed by atoms with E-state index in [-0.39, 0.29) is 5.82 Å². The molecule has 0 amide bonds. The van der Waals surface area contributed by atoms with Crippen molar-refractivity contribution in [1.82, 2.24) is 14.8 Å². The highest BCUT2D eigenvalue weighted by atomic mass is 35.5. The molecule has 7 heteroatoms. The maximum atomic E-state index is 14.1. The average molecular weight is 394 g/mol. The van der Waals surface area contributed by atoms with E-state index in [0.29, 0.717) is 38.9 Å². The van der Waals surface area contributed by atoms with Gasteiger partial charge in [-0.3, -0.25) is 4.57 Å². The molecule has 3 nitrogen and oxygen atoms in total. The summed E-state index contributed by atoms with van der Waals surface area (Å²) in [5, 5.41) is 10.2. The maximum absolute atomic E-state index is 14.1. The van der Waals surface area contributed by atoms with Crippen LogP contribution in [-0.2, 0) is 12.3 Å². The van der Waals surface area contributed by atoms with Crippen LogP contribution < -0.4 is 0 Å². The van der Waals surface area contributed by atoms with Crippen LogP contribution in [0.25, 0.3) is 11.4 Å².